The predicted molar refractivity (Wildman–Crippen MR) is 125 cm³/mol. The van der Waals surface area contributed by atoms with Crippen molar-refractivity contribution in [2.75, 3.05) is 31.1 Å². The van der Waals surface area contributed by atoms with E-state index in [1.165, 1.54) is 10.9 Å². The molecule has 1 aromatic heterocycles. The predicted octanol–water partition coefficient (Wildman–Crippen LogP) is 5.08. The van der Waals surface area contributed by atoms with E-state index in [4.69, 9.17) is 21.3 Å². The molecule has 0 bridgehead atoms. The molecule has 0 aliphatic carbocycles. The van der Waals surface area contributed by atoms with Crippen molar-refractivity contribution in [1.82, 2.24) is 9.88 Å². The number of anilines is 1. The van der Waals surface area contributed by atoms with E-state index in [-0.39, 0.29) is 5.91 Å². The Hall–Kier alpha value is -2.31. The van der Waals surface area contributed by atoms with Gasteiger partial charge in [-0.25, -0.2) is 4.98 Å². The van der Waals surface area contributed by atoms with Gasteiger partial charge >= 0.3 is 0 Å². The van der Waals surface area contributed by atoms with Crippen LogP contribution in [0.25, 0.3) is 10.9 Å². The molecule has 1 atom stereocenters. The van der Waals surface area contributed by atoms with Crippen LogP contribution >= 0.6 is 27.5 Å². The van der Waals surface area contributed by atoms with Gasteiger partial charge < -0.3 is 14.5 Å². The Bertz CT molecular complexity index is 1080. The van der Waals surface area contributed by atoms with Crippen LogP contribution in [0.4, 0.5) is 5.82 Å². The van der Waals surface area contributed by atoms with Gasteiger partial charge in [0.1, 0.15) is 11.6 Å². The number of para-hydroxylation sites is 1. The molecule has 3 aromatic rings. The molecule has 2 aromatic carbocycles. The average Bonchev–Trinajstić information content (AvgIpc) is 2.75. The number of rotatable bonds is 4. The quantitative estimate of drug-likeness (QED) is 0.514. The van der Waals surface area contributed by atoms with Gasteiger partial charge in [-0.3, -0.25) is 4.79 Å². The summed E-state index contributed by atoms with van der Waals surface area (Å²) < 4.78 is 6.60. The third-order valence-corrected chi connectivity index (χ3v) is 6.23. The van der Waals surface area contributed by atoms with E-state index in [0.717, 1.165) is 28.9 Å². The molecule has 1 aliphatic heterocycles. The summed E-state index contributed by atoms with van der Waals surface area (Å²) in [7, 11) is 0. The Kier molecular flexibility index (Phi) is 6.16. The lowest BCUT2D eigenvalue weighted by Crippen LogP contribution is -2.52. The van der Waals surface area contributed by atoms with Crippen LogP contribution < -0.4 is 9.64 Å². The summed E-state index contributed by atoms with van der Waals surface area (Å²) in [5.74, 6) is 1.56. The van der Waals surface area contributed by atoms with Crippen LogP contribution in [0.3, 0.4) is 0 Å². The highest BCUT2D eigenvalue weighted by Gasteiger charge is 2.27. The van der Waals surface area contributed by atoms with E-state index in [1.807, 2.05) is 23.1 Å². The molecule has 7 heteroatoms. The highest BCUT2D eigenvalue weighted by Crippen LogP contribution is 2.29. The van der Waals surface area contributed by atoms with E-state index in [0.29, 0.717) is 23.9 Å². The molecule has 156 valence electrons. The van der Waals surface area contributed by atoms with Crippen molar-refractivity contribution < 1.29 is 9.53 Å². The number of pyridine rings is 1. The van der Waals surface area contributed by atoms with Crippen molar-refractivity contribution in [1.29, 1.82) is 0 Å². The second-order valence-corrected chi connectivity index (χ2v) is 8.75. The number of piperazine rings is 1. The number of ether oxygens (including phenoxy) is 1. The number of aromatic nitrogens is 1. The Balaban J connectivity index is 1.39. The summed E-state index contributed by atoms with van der Waals surface area (Å²) >= 11 is 9.40. The van der Waals surface area contributed by atoms with E-state index in [2.05, 4.69) is 39.9 Å². The molecule has 0 spiro atoms. The standard InChI is InChI=1S/C23H23BrClN3O2/c1-15-13-22(26-20-6-4-3-5-18(15)20)27-9-11-28(12-10-27)23(29)16(2)30-21-8-7-17(25)14-19(21)24/h3-8,13-14,16H,9-12H2,1-2H3. The van der Waals surface area contributed by atoms with Gasteiger partial charge in [0.15, 0.2) is 6.10 Å². The largest absolute Gasteiger partial charge is 0.480 e. The molecule has 0 saturated carbocycles. The third-order valence-electron chi connectivity index (χ3n) is 5.37. The number of aryl methyl sites for hydroxylation is 1. The lowest BCUT2D eigenvalue weighted by atomic mass is 10.1. The second kappa shape index (κ2) is 8.82. The van der Waals surface area contributed by atoms with Crippen LogP contribution in [0.2, 0.25) is 5.02 Å². The number of hydrogen-bond acceptors (Lipinski definition) is 4. The number of fused-ring (bicyclic) bond motifs is 1. The average molecular weight is 489 g/mol. The summed E-state index contributed by atoms with van der Waals surface area (Å²) in [4.78, 5) is 21.8. The van der Waals surface area contributed by atoms with Gasteiger partial charge in [-0.05, 0) is 65.7 Å². The third kappa shape index (κ3) is 4.40. The van der Waals surface area contributed by atoms with E-state index in [9.17, 15) is 4.79 Å². The molecule has 1 aliphatic rings. The van der Waals surface area contributed by atoms with Gasteiger partial charge in [0, 0.05) is 36.6 Å². The van der Waals surface area contributed by atoms with Gasteiger partial charge in [0.25, 0.3) is 5.91 Å². The molecule has 30 heavy (non-hydrogen) atoms. The summed E-state index contributed by atoms with van der Waals surface area (Å²) in [6, 6.07) is 15.6. The van der Waals surface area contributed by atoms with Crippen molar-refractivity contribution in [3.63, 3.8) is 0 Å². The second-order valence-electron chi connectivity index (χ2n) is 7.46. The van der Waals surface area contributed by atoms with E-state index >= 15 is 0 Å². The number of nitrogens with zero attached hydrogens (tertiary/aromatic N) is 3. The van der Waals surface area contributed by atoms with E-state index < -0.39 is 6.10 Å². The highest BCUT2D eigenvalue weighted by atomic mass is 79.9. The van der Waals surface area contributed by atoms with Crippen LogP contribution in [0.1, 0.15) is 12.5 Å². The SMILES string of the molecule is Cc1cc(N2CCN(C(=O)C(C)Oc3ccc(Cl)cc3Br)CC2)nc2ccccc12. The van der Waals surface area contributed by atoms with Gasteiger partial charge in [0.2, 0.25) is 0 Å². The summed E-state index contributed by atoms with van der Waals surface area (Å²) in [6.07, 6.45) is -0.574. The summed E-state index contributed by atoms with van der Waals surface area (Å²) in [5.41, 5.74) is 2.21. The maximum Gasteiger partial charge on any atom is 0.263 e. The monoisotopic (exact) mass is 487 g/mol. The van der Waals surface area contributed by atoms with Crippen LogP contribution in [0.5, 0.6) is 5.75 Å². The molecule has 5 nitrogen and oxygen atoms in total. The zero-order valence-electron chi connectivity index (χ0n) is 16.9. The molecule has 4 rings (SSSR count). The number of halogens is 2. The smallest absolute Gasteiger partial charge is 0.263 e. The van der Waals surface area contributed by atoms with E-state index in [1.54, 1.807) is 25.1 Å². The number of carbonyl (C=O) groups is 1. The molecular formula is C23H23BrClN3O2. The lowest BCUT2D eigenvalue weighted by molar-refractivity contribution is -0.138. The number of hydrogen-bond donors (Lipinski definition) is 0. The maximum absolute atomic E-state index is 12.9. The fourth-order valence-electron chi connectivity index (χ4n) is 3.72. The molecule has 1 saturated heterocycles. The minimum atomic E-state index is -0.574. The normalized spacial score (nSPS) is 15.3. The van der Waals surface area contributed by atoms with Gasteiger partial charge in [-0.15, -0.1) is 0 Å². The lowest BCUT2D eigenvalue weighted by Gasteiger charge is -2.36. The van der Waals surface area contributed by atoms with Gasteiger partial charge in [0.05, 0.1) is 9.99 Å². The minimum absolute atomic E-state index is 0.0147. The van der Waals surface area contributed by atoms with Crippen LogP contribution in [-0.2, 0) is 4.79 Å². The molecule has 1 amide bonds. The number of carbonyl (C=O) groups excluding carboxylic acids is 1. The van der Waals surface area contributed by atoms with Crippen LogP contribution in [-0.4, -0.2) is 48.1 Å². The van der Waals surface area contributed by atoms with Crippen LogP contribution in [0.15, 0.2) is 53.0 Å². The van der Waals surface area contributed by atoms with Crippen molar-refractivity contribution in [2.45, 2.75) is 20.0 Å². The molecule has 2 heterocycles. The fourth-order valence-corrected chi connectivity index (χ4v) is 4.49. The Labute approximate surface area is 189 Å². The molecule has 1 fully saturated rings. The highest BCUT2D eigenvalue weighted by molar-refractivity contribution is 9.10. The van der Waals surface area contributed by atoms with Crippen LogP contribution in [0, 0.1) is 6.92 Å². The summed E-state index contributed by atoms with van der Waals surface area (Å²) in [6.45, 7) is 6.66. The molecule has 0 radical (unpaired) electrons. The molecular weight excluding hydrogens is 466 g/mol. The Morgan fingerprint density at radius 2 is 1.87 bits per heavy atom. The first-order chi connectivity index (χ1) is 14.4. The first-order valence-corrected chi connectivity index (χ1v) is 11.1. The maximum atomic E-state index is 12.9. The zero-order valence-corrected chi connectivity index (χ0v) is 19.3. The number of benzene rings is 2. The summed E-state index contributed by atoms with van der Waals surface area (Å²) in [5, 5.41) is 1.79. The van der Waals surface area contributed by atoms with Crippen molar-refractivity contribution in [2.24, 2.45) is 0 Å². The van der Waals surface area contributed by atoms with Crippen molar-refractivity contribution >= 4 is 50.2 Å². The Morgan fingerprint density at radius 3 is 2.60 bits per heavy atom. The Morgan fingerprint density at radius 1 is 1.13 bits per heavy atom. The van der Waals surface area contributed by atoms with Crippen molar-refractivity contribution in [3.8, 4) is 5.75 Å². The number of amides is 1. The zero-order chi connectivity index (χ0) is 21.3. The first kappa shape index (κ1) is 20.9. The first-order valence-electron chi connectivity index (χ1n) is 9.94. The van der Waals surface area contributed by atoms with Crippen molar-refractivity contribution in [3.05, 3.63) is 63.6 Å². The van der Waals surface area contributed by atoms with Gasteiger partial charge in [-0.2, -0.15) is 0 Å². The topological polar surface area (TPSA) is 45.7 Å². The fraction of sp³-hybridized carbons (Fsp3) is 0.304. The van der Waals surface area contributed by atoms with Gasteiger partial charge in [-0.1, -0.05) is 29.8 Å². The molecule has 1 unspecified atom stereocenters. The minimum Gasteiger partial charge on any atom is -0.480 e. The molecule has 0 N–H and O–H groups in total.